The second-order valence-electron chi connectivity index (χ2n) is 13.3. The van der Waals surface area contributed by atoms with Crippen molar-refractivity contribution in [2.24, 2.45) is 17.0 Å². The minimum atomic E-state index is -4.26. The van der Waals surface area contributed by atoms with E-state index in [-0.39, 0.29) is 30.0 Å². The molecule has 0 aliphatic carbocycles. The van der Waals surface area contributed by atoms with E-state index < -0.39 is 98.8 Å². The molecule has 1 aromatic rings. The lowest BCUT2D eigenvalue weighted by atomic mass is 9.89. The Morgan fingerprint density at radius 1 is 1.20 bits per heavy atom. The lowest BCUT2D eigenvalue weighted by Gasteiger charge is -2.56. The quantitative estimate of drug-likeness (QED) is 0.0767. The first-order valence-electron chi connectivity index (χ1n) is 15.4. The van der Waals surface area contributed by atoms with Crippen molar-refractivity contribution in [2.75, 3.05) is 30.9 Å². The Hall–Kier alpha value is -4.59. The van der Waals surface area contributed by atoms with Crippen molar-refractivity contribution in [3.8, 4) is 0 Å². The van der Waals surface area contributed by atoms with Gasteiger partial charge in [0.15, 0.2) is 26.1 Å². The summed E-state index contributed by atoms with van der Waals surface area (Å²) >= 11 is 0.873. The molecule has 50 heavy (non-hydrogen) atoms. The summed E-state index contributed by atoms with van der Waals surface area (Å²) in [6.07, 6.45) is 0.271. The molecule has 0 unspecified atom stereocenters. The number of hydrogen-bond donors (Lipinski definition) is 2. The fraction of sp³-hybridized carbons (Fsp3) is 0.600. The summed E-state index contributed by atoms with van der Waals surface area (Å²) < 4.78 is 47.8. The second kappa shape index (κ2) is 14.7. The Kier molecular flexibility index (Phi) is 11.2. The maximum absolute atomic E-state index is 13.7. The average molecular weight is 742 g/mol. The van der Waals surface area contributed by atoms with Crippen LogP contribution in [0.1, 0.15) is 60.6 Å². The minimum Gasteiger partial charge on any atom is -0.463 e. The molecule has 4 atom stereocenters. The average Bonchev–Trinajstić information content (AvgIpc) is 3.57. The number of β-lactam (4-membered cyclic amide) rings is 1. The van der Waals surface area contributed by atoms with E-state index in [4.69, 9.17) is 23.8 Å². The predicted molar refractivity (Wildman–Crippen MR) is 174 cm³/mol. The SMILES string of the molecule is CC(C)=CCOC(=O)[C@]12OC(=O)C[C@H]1CS(=O)(=O)[C@@H]1[C@H](NC(=O)/C(=N\OCC(=O)OCC(C)C)c3csc(NC(=O)OC(C)(C)C)n3)C(=O)N12. The van der Waals surface area contributed by atoms with Crippen LogP contribution in [0.15, 0.2) is 22.2 Å². The summed E-state index contributed by atoms with van der Waals surface area (Å²) in [5.41, 5.74) is -3.16. The smallest absolute Gasteiger partial charge is 0.413 e. The summed E-state index contributed by atoms with van der Waals surface area (Å²) in [4.78, 5) is 87.3. The fourth-order valence-electron chi connectivity index (χ4n) is 5.14. The Morgan fingerprint density at radius 3 is 2.54 bits per heavy atom. The highest BCUT2D eigenvalue weighted by Crippen LogP contribution is 2.49. The van der Waals surface area contributed by atoms with Gasteiger partial charge in [-0.25, -0.2) is 27.8 Å². The van der Waals surface area contributed by atoms with Crippen LogP contribution in [0.25, 0.3) is 0 Å². The molecule has 18 nitrogen and oxygen atoms in total. The number of ether oxygens (including phenoxy) is 4. The molecule has 3 aliphatic rings. The summed E-state index contributed by atoms with van der Waals surface area (Å²) in [7, 11) is -4.26. The highest BCUT2D eigenvalue weighted by Gasteiger charge is 2.75. The van der Waals surface area contributed by atoms with E-state index >= 15 is 0 Å². The van der Waals surface area contributed by atoms with Gasteiger partial charge in [0.05, 0.1) is 24.7 Å². The van der Waals surface area contributed by atoms with Crippen molar-refractivity contribution < 1.29 is 61.0 Å². The number of nitrogens with one attached hydrogen (secondary N) is 2. The maximum Gasteiger partial charge on any atom is 0.413 e. The predicted octanol–water partition coefficient (Wildman–Crippen LogP) is 1.26. The molecule has 4 heterocycles. The number of thiazole rings is 1. The lowest BCUT2D eigenvalue weighted by molar-refractivity contribution is -0.219. The Bertz CT molecular complexity index is 1730. The molecule has 4 rings (SSSR count). The van der Waals surface area contributed by atoms with Gasteiger partial charge in [0, 0.05) is 5.38 Å². The molecule has 1 aromatic heterocycles. The third-order valence-electron chi connectivity index (χ3n) is 7.21. The highest BCUT2D eigenvalue weighted by atomic mass is 32.2. The summed E-state index contributed by atoms with van der Waals surface area (Å²) in [5, 5.41) is 7.90. The number of sulfone groups is 1. The summed E-state index contributed by atoms with van der Waals surface area (Å²) in [6.45, 7) is 11.3. The van der Waals surface area contributed by atoms with Crippen molar-refractivity contribution in [2.45, 2.75) is 77.6 Å². The molecule has 3 saturated heterocycles. The molecular weight excluding hydrogens is 702 g/mol. The highest BCUT2D eigenvalue weighted by molar-refractivity contribution is 7.92. The third-order valence-corrected chi connectivity index (χ3v) is 10.1. The monoisotopic (exact) mass is 741 g/mol. The van der Waals surface area contributed by atoms with Crippen LogP contribution in [-0.2, 0) is 57.6 Å². The Morgan fingerprint density at radius 2 is 1.90 bits per heavy atom. The number of nitrogens with zero attached hydrogens (tertiary/aromatic N) is 3. The van der Waals surface area contributed by atoms with Crippen LogP contribution in [0.2, 0.25) is 0 Å². The molecule has 3 amide bonds. The number of hydrogen-bond acceptors (Lipinski definition) is 16. The molecule has 0 saturated carbocycles. The van der Waals surface area contributed by atoms with Gasteiger partial charge < -0.3 is 29.1 Å². The van der Waals surface area contributed by atoms with E-state index in [2.05, 4.69) is 20.8 Å². The molecule has 3 fully saturated rings. The van der Waals surface area contributed by atoms with Crippen LogP contribution in [0.3, 0.4) is 0 Å². The first kappa shape index (κ1) is 38.2. The summed E-state index contributed by atoms with van der Waals surface area (Å²) in [5.74, 6) is -6.96. The number of aromatic nitrogens is 1. The number of rotatable bonds is 12. The van der Waals surface area contributed by atoms with Crippen LogP contribution in [-0.4, -0.2) is 108 Å². The van der Waals surface area contributed by atoms with E-state index in [0.29, 0.717) is 4.90 Å². The van der Waals surface area contributed by atoms with Crippen molar-refractivity contribution >= 4 is 67.8 Å². The Balaban J connectivity index is 1.60. The zero-order valence-electron chi connectivity index (χ0n) is 28.5. The van der Waals surface area contributed by atoms with Gasteiger partial charge in [-0.15, -0.1) is 11.3 Å². The molecule has 274 valence electrons. The van der Waals surface area contributed by atoms with Crippen LogP contribution >= 0.6 is 11.3 Å². The topological polar surface area (TPSA) is 235 Å². The minimum absolute atomic E-state index is 0.0190. The van der Waals surface area contributed by atoms with Crippen molar-refractivity contribution in [3.05, 3.63) is 22.7 Å². The van der Waals surface area contributed by atoms with Gasteiger partial charge in [0.2, 0.25) is 6.61 Å². The van der Waals surface area contributed by atoms with Gasteiger partial charge in [0.1, 0.15) is 23.9 Å². The fourth-order valence-corrected chi connectivity index (χ4v) is 8.11. The number of esters is 3. The zero-order chi connectivity index (χ0) is 37.2. The van der Waals surface area contributed by atoms with Crippen LogP contribution < -0.4 is 10.6 Å². The first-order valence-corrected chi connectivity index (χ1v) is 18.0. The van der Waals surface area contributed by atoms with Crippen LogP contribution in [0.4, 0.5) is 9.93 Å². The van der Waals surface area contributed by atoms with Crippen LogP contribution in [0, 0.1) is 11.8 Å². The van der Waals surface area contributed by atoms with E-state index in [1.807, 2.05) is 13.8 Å². The molecular formula is C30H39N5O13S2. The van der Waals surface area contributed by atoms with Gasteiger partial charge in [0.25, 0.3) is 17.5 Å². The molecule has 0 spiro atoms. The number of oxime groups is 1. The number of carbonyl (C=O) groups excluding carboxylic acids is 6. The van der Waals surface area contributed by atoms with E-state index in [1.54, 1.807) is 40.7 Å². The molecule has 3 aliphatic heterocycles. The number of allylic oxidation sites excluding steroid dienone is 1. The molecule has 0 radical (unpaired) electrons. The van der Waals surface area contributed by atoms with Crippen molar-refractivity contribution in [1.29, 1.82) is 0 Å². The van der Waals surface area contributed by atoms with Gasteiger partial charge in [-0.1, -0.05) is 24.6 Å². The van der Waals surface area contributed by atoms with Gasteiger partial charge in [-0.2, -0.15) is 0 Å². The van der Waals surface area contributed by atoms with E-state index in [9.17, 15) is 37.2 Å². The van der Waals surface area contributed by atoms with Crippen LogP contribution in [0.5, 0.6) is 0 Å². The maximum atomic E-state index is 13.7. The molecule has 2 N–H and O–H groups in total. The molecule has 20 heteroatoms. The standard InChI is InChI=1S/C30H39N5O13S2/c1-15(2)8-9-44-26(40)30-17(10-19(36)47-30)14-50(42,43)25-22(24(39)35(25)30)32-23(38)21(34-46-12-20(37)45-11-16(3)4)18-13-49-27(31-18)33-28(41)48-29(5,6)7/h8,13,16-17,22,25H,9-12,14H2,1-7H3,(H,32,38)(H,31,33,41)/b34-21-/t17-,22+,25+,30+/m0/s1. The number of carbonyl (C=O) groups is 6. The zero-order valence-corrected chi connectivity index (χ0v) is 30.1. The van der Waals surface area contributed by atoms with Gasteiger partial charge in [-0.05, 0) is 46.6 Å². The van der Waals surface area contributed by atoms with E-state index in [0.717, 1.165) is 16.9 Å². The van der Waals surface area contributed by atoms with Crippen molar-refractivity contribution in [3.63, 3.8) is 0 Å². The van der Waals surface area contributed by atoms with Gasteiger partial charge >= 0.3 is 24.0 Å². The summed E-state index contributed by atoms with van der Waals surface area (Å²) in [6, 6.07) is -1.76. The number of anilines is 1. The van der Waals surface area contributed by atoms with Gasteiger partial charge in [-0.3, -0.25) is 24.6 Å². The lowest BCUT2D eigenvalue weighted by Crippen LogP contribution is -2.84. The van der Waals surface area contributed by atoms with E-state index in [1.165, 1.54) is 5.38 Å². The second-order valence-corrected chi connectivity index (χ2v) is 16.3. The molecule has 0 aromatic carbocycles. The Labute approximate surface area is 291 Å². The largest absolute Gasteiger partial charge is 0.463 e. The third kappa shape index (κ3) is 8.40. The molecule has 0 bridgehead atoms. The normalized spacial score (nSPS) is 23.8. The number of amides is 3. The van der Waals surface area contributed by atoms with Crippen molar-refractivity contribution in [1.82, 2.24) is 15.2 Å². The number of fused-ring (bicyclic) bond motifs is 3. The first-order chi connectivity index (χ1) is 23.2.